The molecule has 156 valence electrons. The van der Waals surface area contributed by atoms with Gasteiger partial charge in [0.1, 0.15) is 0 Å². The van der Waals surface area contributed by atoms with Gasteiger partial charge in [-0.1, -0.05) is 18.0 Å². The van der Waals surface area contributed by atoms with Crippen molar-refractivity contribution in [3.8, 4) is 5.82 Å². The molecular weight excluding hydrogens is 423 g/mol. The van der Waals surface area contributed by atoms with Crippen LogP contribution in [0.3, 0.4) is 0 Å². The Morgan fingerprint density at radius 3 is 2.71 bits per heavy atom. The van der Waals surface area contributed by atoms with Crippen molar-refractivity contribution >= 4 is 28.8 Å². The van der Waals surface area contributed by atoms with Crippen molar-refractivity contribution in [2.75, 3.05) is 5.32 Å². The number of nitrogens with one attached hydrogen (secondary N) is 1. The number of hydrogen-bond donors (Lipinski definition) is 1. The summed E-state index contributed by atoms with van der Waals surface area (Å²) in [6.45, 7) is 0. The Balaban J connectivity index is 1.33. The Labute approximate surface area is 180 Å². The number of carbonyl (C=O) groups is 1. The Morgan fingerprint density at radius 2 is 2.00 bits per heavy atom. The smallest absolute Gasteiger partial charge is 0.235 e. The fourth-order valence-electron chi connectivity index (χ4n) is 4.78. The predicted octanol–water partition coefficient (Wildman–Crippen LogP) is 3.05. The summed E-state index contributed by atoms with van der Waals surface area (Å²) < 4.78 is 15.4. The van der Waals surface area contributed by atoms with Gasteiger partial charge in [-0.25, -0.2) is 14.5 Å². The minimum absolute atomic E-state index is 0.164. The number of aromatic nitrogens is 7. The standard InChI is InChI=1S/C20H16ClFN8O/c21-14-6-11(9-24-18(14)30-25-4-5-26-30)27-19(31)12-8-20(2-1-3-20)17-13(12)10-23-16-7-15(22)28-29(16)17/h4-7,9-10,12H,1-3,8H2,(H,27,31)/t12-/m1/s1. The van der Waals surface area contributed by atoms with Crippen LogP contribution in [0.25, 0.3) is 11.5 Å². The molecule has 1 saturated carbocycles. The minimum Gasteiger partial charge on any atom is -0.324 e. The van der Waals surface area contributed by atoms with Crippen molar-refractivity contribution in [2.45, 2.75) is 37.0 Å². The maximum absolute atomic E-state index is 13.8. The summed E-state index contributed by atoms with van der Waals surface area (Å²) in [4.78, 5) is 23.1. The molecule has 0 aromatic carbocycles. The highest BCUT2D eigenvalue weighted by atomic mass is 35.5. The fourth-order valence-corrected chi connectivity index (χ4v) is 5.02. The molecule has 6 rings (SSSR count). The number of rotatable bonds is 3. The van der Waals surface area contributed by atoms with Gasteiger partial charge in [0.05, 0.1) is 40.9 Å². The summed E-state index contributed by atoms with van der Waals surface area (Å²) in [5, 5.41) is 15.2. The number of halogens is 2. The second kappa shape index (κ2) is 6.55. The third-order valence-electron chi connectivity index (χ3n) is 6.28. The van der Waals surface area contributed by atoms with E-state index >= 15 is 0 Å². The Hall–Kier alpha value is -3.40. The predicted molar refractivity (Wildman–Crippen MR) is 109 cm³/mol. The molecule has 4 aromatic rings. The Bertz CT molecular complexity index is 1330. The van der Waals surface area contributed by atoms with E-state index in [-0.39, 0.29) is 11.3 Å². The summed E-state index contributed by atoms with van der Waals surface area (Å²) in [5.41, 5.74) is 2.47. The average Bonchev–Trinajstić information content (AvgIpc) is 3.43. The van der Waals surface area contributed by atoms with Crippen molar-refractivity contribution in [1.29, 1.82) is 0 Å². The molecule has 9 nitrogen and oxygen atoms in total. The lowest BCUT2D eigenvalue weighted by Crippen LogP contribution is -2.34. The molecule has 1 spiro atoms. The Kier molecular flexibility index (Phi) is 3.88. The van der Waals surface area contributed by atoms with Gasteiger partial charge >= 0.3 is 0 Å². The summed E-state index contributed by atoms with van der Waals surface area (Å²) in [6.07, 6.45) is 9.86. The molecule has 4 aromatic heterocycles. The van der Waals surface area contributed by atoms with Crippen LogP contribution in [0.5, 0.6) is 0 Å². The number of pyridine rings is 1. The zero-order chi connectivity index (χ0) is 21.2. The first-order chi connectivity index (χ1) is 15.0. The van der Waals surface area contributed by atoms with Gasteiger partial charge in [0.15, 0.2) is 11.5 Å². The van der Waals surface area contributed by atoms with E-state index in [0.717, 1.165) is 30.5 Å². The summed E-state index contributed by atoms with van der Waals surface area (Å²) in [7, 11) is 0. The van der Waals surface area contributed by atoms with Crippen molar-refractivity contribution in [2.24, 2.45) is 0 Å². The molecule has 0 aliphatic heterocycles. The number of amides is 1. The van der Waals surface area contributed by atoms with Crippen LogP contribution >= 0.6 is 11.6 Å². The highest BCUT2D eigenvalue weighted by Crippen LogP contribution is 2.56. The van der Waals surface area contributed by atoms with E-state index in [0.29, 0.717) is 28.6 Å². The second-order valence-corrected chi connectivity index (χ2v) is 8.43. The van der Waals surface area contributed by atoms with Crippen LogP contribution in [0, 0.1) is 5.95 Å². The van der Waals surface area contributed by atoms with Gasteiger partial charge in [0.2, 0.25) is 11.9 Å². The first-order valence-corrected chi connectivity index (χ1v) is 10.3. The molecule has 1 atom stereocenters. The number of anilines is 1. The number of nitrogens with zero attached hydrogens (tertiary/aromatic N) is 7. The van der Waals surface area contributed by atoms with Gasteiger partial charge in [0.25, 0.3) is 0 Å². The van der Waals surface area contributed by atoms with Gasteiger partial charge in [-0.05, 0) is 25.3 Å². The lowest BCUT2D eigenvalue weighted by Gasteiger charge is -2.39. The highest BCUT2D eigenvalue weighted by molar-refractivity contribution is 6.32. The van der Waals surface area contributed by atoms with Gasteiger partial charge in [0, 0.05) is 23.2 Å². The van der Waals surface area contributed by atoms with E-state index in [1.807, 2.05) is 0 Å². The first kappa shape index (κ1) is 18.4. The lowest BCUT2D eigenvalue weighted by molar-refractivity contribution is -0.117. The van der Waals surface area contributed by atoms with Crippen LogP contribution in [-0.4, -0.2) is 40.5 Å². The van der Waals surface area contributed by atoms with Crippen LogP contribution < -0.4 is 5.32 Å². The van der Waals surface area contributed by atoms with Crippen molar-refractivity contribution in [1.82, 2.24) is 34.6 Å². The van der Waals surface area contributed by atoms with Crippen molar-refractivity contribution < 1.29 is 9.18 Å². The van der Waals surface area contributed by atoms with Crippen LogP contribution in [0.2, 0.25) is 5.02 Å². The average molecular weight is 439 g/mol. The third kappa shape index (κ3) is 2.74. The molecule has 1 N–H and O–H groups in total. The van der Waals surface area contributed by atoms with Crippen molar-refractivity contribution in [3.05, 3.63) is 59.1 Å². The van der Waals surface area contributed by atoms with Gasteiger partial charge in [-0.3, -0.25) is 4.79 Å². The van der Waals surface area contributed by atoms with Crippen LogP contribution in [0.4, 0.5) is 10.1 Å². The molecule has 0 radical (unpaired) electrons. The molecule has 0 bridgehead atoms. The number of fused-ring (bicyclic) bond motifs is 4. The molecule has 0 saturated heterocycles. The van der Waals surface area contributed by atoms with Gasteiger partial charge in [-0.2, -0.15) is 14.6 Å². The zero-order valence-corrected chi connectivity index (χ0v) is 16.9. The number of hydrogen-bond acceptors (Lipinski definition) is 6. The van der Waals surface area contributed by atoms with E-state index in [2.05, 4.69) is 30.6 Å². The summed E-state index contributed by atoms with van der Waals surface area (Å²) in [6, 6.07) is 2.92. The lowest BCUT2D eigenvalue weighted by atomic mass is 9.66. The molecule has 2 aliphatic carbocycles. The topological polar surface area (TPSA) is 103 Å². The molecule has 0 unspecified atom stereocenters. The molecule has 2 aliphatic rings. The molecule has 11 heteroatoms. The molecule has 1 amide bonds. The Morgan fingerprint density at radius 1 is 1.19 bits per heavy atom. The molecule has 1 fully saturated rings. The molecule has 31 heavy (non-hydrogen) atoms. The number of carbonyl (C=O) groups excluding carboxylic acids is 1. The van der Waals surface area contributed by atoms with E-state index in [1.54, 1.807) is 16.8 Å². The first-order valence-electron chi connectivity index (χ1n) is 9.92. The third-order valence-corrected chi connectivity index (χ3v) is 6.56. The van der Waals surface area contributed by atoms with E-state index in [4.69, 9.17) is 11.6 Å². The largest absolute Gasteiger partial charge is 0.324 e. The SMILES string of the molecule is O=C(Nc1cnc(-n2nccn2)c(Cl)c1)[C@@H]1CC2(CCC2)c2c1cnc1cc(F)nn21. The van der Waals surface area contributed by atoms with Crippen LogP contribution in [-0.2, 0) is 10.2 Å². The van der Waals surface area contributed by atoms with Gasteiger partial charge in [-0.15, -0.1) is 9.90 Å². The fraction of sp³-hybridized carbons (Fsp3) is 0.300. The van der Waals surface area contributed by atoms with E-state index < -0.39 is 11.9 Å². The summed E-state index contributed by atoms with van der Waals surface area (Å²) >= 11 is 6.32. The summed E-state index contributed by atoms with van der Waals surface area (Å²) in [5.74, 6) is -0.792. The maximum Gasteiger partial charge on any atom is 0.235 e. The minimum atomic E-state index is -0.573. The van der Waals surface area contributed by atoms with Crippen LogP contribution in [0.1, 0.15) is 42.9 Å². The van der Waals surface area contributed by atoms with Crippen LogP contribution in [0.15, 0.2) is 36.9 Å². The van der Waals surface area contributed by atoms with Gasteiger partial charge < -0.3 is 5.32 Å². The zero-order valence-electron chi connectivity index (χ0n) is 16.2. The normalized spacial score (nSPS) is 18.8. The quantitative estimate of drug-likeness (QED) is 0.527. The second-order valence-electron chi connectivity index (χ2n) is 8.03. The molecule has 4 heterocycles. The van der Waals surface area contributed by atoms with E-state index in [1.165, 1.54) is 29.5 Å². The van der Waals surface area contributed by atoms with Crippen molar-refractivity contribution in [3.63, 3.8) is 0 Å². The monoisotopic (exact) mass is 438 g/mol. The maximum atomic E-state index is 13.8. The van der Waals surface area contributed by atoms with E-state index in [9.17, 15) is 9.18 Å². The highest BCUT2D eigenvalue weighted by Gasteiger charge is 2.52. The molecular formula is C20H16ClFN8O.